The molecule has 13 heavy (non-hydrogen) atoms. The molecule has 0 amide bonds. The van der Waals surface area contributed by atoms with Crippen LogP contribution in [0.15, 0.2) is 21.4 Å². The highest BCUT2D eigenvalue weighted by Crippen LogP contribution is 2.37. The summed E-state index contributed by atoms with van der Waals surface area (Å²) in [5.74, 6) is 2.88. The van der Waals surface area contributed by atoms with Crippen molar-refractivity contribution in [2.75, 3.05) is 0 Å². The van der Waals surface area contributed by atoms with Crippen LogP contribution in [-0.4, -0.2) is 5.87 Å². The lowest BCUT2D eigenvalue weighted by Crippen LogP contribution is -1.91. The summed E-state index contributed by atoms with van der Waals surface area (Å²) < 4.78 is 0. The maximum atomic E-state index is 4.23. The average Bonchev–Trinajstić information content (AvgIpc) is 2.15. The van der Waals surface area contributed by atoms with Crippen molar-refractivity contribution in [3.8, 4) is 0 Å². The molecule has 0 spiro atoms. The highest BCUT2D eigenvalue weighted by Gasteiger charge is 2.11. The lowest BCUT2D eigenvalue weighted by Gasteiger charge is -2.13. The van der Waals surface area contributed by atoms with E-state index in [0.29, 0.717) is 0 Å². The Kier molecular flexibility index (Phi) is 2.03. The fourth-order valence-electron chi connectivity index (χ4n) is 1.45. The van der Waals surface area contributed by atoms with E-state index >= 15 is 0 Å². The maximum absolute atomic E-state index is 4.23. The first-order chi connectivity index (χ1) is 6.20. The molecule has 0 aliphatic carbocycles. The van der Waals surface area contributed by atoms with Crippen LogP contribution in [-0.2, 0) is 0 Å². The number of benzene rings is 1. The SMILES string of the molecule is Cc1cc2c(c(C)c1C)SC=C=N2. The van der Waals surface area contributed by atoms with Crippen molar-refractivity contribution < 1.29 is 0 Å². The van der Waals surface area contributed by atoms with E-state index in [2.05, 4.69) is 37.7 Å². The monoisotopic (exact) mass is 189 g/mol. The summed E-state index contributed by atoms with van der Waals surface area (Å²) in [7, 11) is 0. The molecule has 2 rings (SSSR count). The van der Waals surface area contributed by atoms with Gasteiger partial charge in [-0.3, -0.25) is 0 Å². The predicted octanol–water partition coefficient (Wildman–Crippen LogP) is 3.53. The first-order valence-electron chi connectivity index (χ1n) is 4.25. The number of rotatable bonds is 0. The molecule has 0 aromatic heterocycles. The topological polar surface area (TPSA) is 12.4 Å². The van der Waals surface area contributed by atoms with E-state index < -0.39 is 0 Å². The summed E-state index contributed by atoms with van der Waals surface area (Å²) in [5, 5.41) is 1.91. The van der Waals surface area contributed by atoms with Crippen LogP contribution in [0.4, 0.5) is 5.69 Å². The third-order valence-corrected chi connectivity index (χ3v) is 3.47. The molecule has 1 aliphatic rings. The largest absolute Gasteiger partial charge is 0.205 e. The summed E-state index contributed by atoms with van der Waals surface area (Å²) in [4.78, 5) is 5.51. The third kappa shape index (κ3) is 1.32. The minimum Gasteiger partial charge on any atom is -0.205 e. The van der Waals surface area contributed by atoms with Gasteiger partial charge in [-0.2, -0.15) is 0 Å². The van der Waals surface area contributed by atoms with Crippen LogP contribution in [0.2, 0.25) is 0 Å². The van der Waals surface area contributed by atoms with E-state index in [1.807, 2.05) is 5.41 Å². The number of thioether (sulfide) groups is 1. The van der Waals surface area contributed by atoms with E-state index in [4.69, 9.17) is 0 Å². The first kappa shape index (κ1) is 8.61. The minimum absolute atomic E-state index is 1.06. The van der Waals surface area contributed by atoms with Crippen molar-refractivity contribution >= 4 is 23.3 Å². The summed E-state index contributed by atoms with van der Waals surface area (Å²) in [6, 6.07) is 2.13. The van der Waals surface area contributed by atoms with Crippen LogP contribution in [0.5, 0.6) is 0 Å². The Labute approximate surface area is 82.6 Å². The number of nitrogens with zero attached hydrogens (tertiary/aromatic N) is 1. The normalized spacial score (nSPS) is 13.2. The molecule has 1 heterocycles. The van der Waals surface area contributed by atoms with Crippen molar-refractivity contribution in [2.24, 2.45) is 4.99 Å². The van der Waals surface area contributed by atoms with Crippen LogP contribution in [0.3, 0.4) is 0 Å². The quantitative estimate of drug-likeness (QED) is 0.608. The molecule has 66 valence electrons. The molecule has 0 saturated carbocycles. The molecule has 1 aromatic rings. The van der Waals surface area contributed by atoms with Crippen molar-refractivity contribution in [3.63, 3.8) is 0 Å². The molecule has 0 bridgehead atoms. The van der Waals surface area contributed by atoms with Gasteiger partial charge in [0.05, 0.1) is 5.69 Å². The predicted molar refractivity (Wildman–Crippen MR) is 58.2 cm³/mol. The highest BCUT2D eigenvalue weighted by molar-refractivity contribution is 8.02. The van der Waals surface area contributed by atoms with E-state index in [0.717, 1.165) is 5.69 Å². The van der Waals surface area contributed by atoms with Gasteiger partial charge in [-0.1, -0.05) is 11.8 Å². The minimum atomic E-state index is 1.06. The molecule has 0 saturated heterocycles. The van der Waals surface area contributed by atoms with Gasteiger partial charge in [0.15, 0.2) is 0 Å². The molecule has 0 N–H and O–H groups in total. The van der Waals surface area contributed by atoms with Crippen LogP contribution in [0, 0.1) is 20.8 Å². The van der Waals surface area contributed by atoms with E-state index in [1.54, 1.807) is 11.8 Å². The summed E-state index contributed by atoms with van der Waals surface area (Å²) in [5.41, 5.74) is 5.09. The molecule has 0 unspecified atom stereocenters. The number of hydrogen-bond donors (Lipinski definition) is 0. The molecule has 0 radical (unpaired) electrons. The number of aryl methyl sites for hydroxylation is 1. The van der Waals surface area contributed by atoms with Gasteiger partial charge in [0.1, 0.15) is 0 Å². The Bertz CT molecular complexity index is 426. The Morgan fingerprint density at radius 1 is 1.23 bits per heavy atom. The zero-order valence-corrected chi connectivity index (χ0v) is 8.83. The molecular weight excluding hydrogens is 178 g/mol. The van der Waals surface area contributed by atoms with E-state index in [9.17, 15) is 0 Å². The van der Waals surface area contributed by atoms with Gasteiger partial charge in [0, 0.05) is 10.3 Å². The molecule has 0 atom stereocenters. The maximum Gasteiger partial charge on any atom is 0.0874 e. The molecule has 1 nitrogen and oxygen atoms in total. The Morgan fingerprint density at radius 2 is 2.00 bits per heavy atom. The van der Waals surface area contributed by atoms with Crippen LogP contribution >= 0.6 is 11.8 Å². The average molecular weight is 189 g/mol. The first-order valence-corrected chi connectivity index (χ1v) is 5.13. The van der Waals surface area contributed by atoms with Crippen molar-refractivity contribution in [3.05, 3.63) is 28.2 Å². The van der Waals surface area contributed by atoms with Crippen molar-refractivity contribution in [1.29, 1.82) is 0 Å². The second-order valence-electron chi connectivity index (χ2n) is 3.27. The summed E-state index contributed by atoms with van der Waals surface area (Å²) >= 11 is 1.71. The molecule has 1 aliphatic heterocycles. The Hall–Kier alpha value is -0.980. The molecule has 0 fully saturated rings. The number of fused-ring (bicyclic) bond motifs is 1. The van der Waals surface area contributed by atoms with Gasteiger partial charge >= 0.3 is 0 Å². The Morgan fingerprint density at radius 3 is 2.77 bits per heavy atom. The van der Waals surface area contributed by atoms with E-state index in [1.165, 1.54) is 21.6 Å². The fraction of sp³-hybridized carbons (Fsp3) is 0.273. The summed E-state index contributed by atoms with van der Waals surface area (Å²) in [6.07, 6.45) is 0. The lowest BCUT2D eigenvalue weighted by atomic mass is 10.0. The second-order valence-corrected chi connectivity index (χ2v) is 4.15. The zero-order valence-electron chi connectivity index (χ0n) is 8.01. The van der Waals surface area contributed by atoms with Crippen molar-refractivity contribution in [1.82, 2.24) is 0 Å². The van der Waals surface area contributed by atoms with Gasteiger partial charge < -0.3 is 0 Å². The van der Waals surface area contributed by atoms with E-state index in [-0.39, 0.29) is 0 Å². The van der Waals surface area contributed by atoms with Crippen molar-refractivity contribution in [2.45, 2.75) is 25.7 Å². The van der Waals surface area contributed by atoms with Crippen LogP contribution < -0.4 is 0 Å². The fourth-order valence-corrected chi connectivity index (χ4v) is 2.23. The van der Waals surface area contributed by atoms with Gasteiger partial charge in [-0.25, -0.2) is 4.99 Å². The lowest BCUT2D eigenvalue weighted by molar-refractivity contribution is 1.17. The highest BCUT2D eigenvalue weighted by atomic mass is 32.2. The standard InChI is InChI=1S/C11H11NS/c1-7-6-10-11(9(3)8(7)2)13-5-4-12-10/h5-6H,1-3H3. The van der Waals surface area contributed by atoms with Gasteiger partial charge in [0.2, 0.25) is 0 Å². The number of aliphatic imine (C=N–C) groups is 1. The molecule has 1 aromatic carbocycles. The molecule has 2 heteroatoms. The van der Waals surface area contributed by atoms with Crippen LogP contribution in [0.1, 0.15) is 16.7 Å². The van der Waals surface area contributed by atoms with Gasteiger partial charge in [-0.05, 0) is 49.4 Å². The van der Waals surface area contributed by atoms with Crippen LogP contribution in [0.25, 0.3) is 0 Å². The molecular formula is C11H11NS. The number of hydrogen-bond acceptors (Lipinski definition) is 2. The summed E-state index contributed by atoms with van der Waals surface area (Å²) in [6.45, 7) is 6.44. The third-order valence-electron chi connectivity index (χ3n) is 2.49. The van der Waals surface area contributed by atoms with Gasteiger partial charge in [-0.15, -0.1) is 0 Å². The Balaban J connectivity index is 2.74. The van der Waals surface area contributed by atoms with Gasteiger partial charge in [0.25, 0.3) is 0 Å². The smallest absolute Gasteiger partial charge is 0.0874 e. The second kappa shape index (κ2) is 3.06. The zero-order chi connectivity index (χ0) is 9.42.